The van der Waals surface area contributed by atoms with Gasteiger partial charge in [-0.3, -0.25) is 14.4 Å². The van der Waals surface area contributed by atoms with Crippen LogP contribution in [0.5, 0.6) is 0 Å². The van der Waals surface area contributed by atoms with Crippen LogP contribution in [0.4, 0.5) is 0 Å². The number of carboxylic acids is 1. The predicted molar refractivity (Wildman–Crippen MR) is 68.2 cm³/mol. The molecule has 1 rings (SSSR count). The van der Waals surface area contributed by atoms with Gasteiger partial charge in [-0.2, -0.15) is 0 Å². The van der Waals surface area contributed by atoms with E-state index >= 15 is 0 Å². The molecular formula is C13H16N2O4. The molecule has 0 fully saturated rings. The number of carboxylic acid groups (broad SMARTS) is 1. The fourth-order valence-electron chi connectivity index (χ4n) is 1.64. The van der Waals surface area contributed by atoms with Crippen LogP contribution in [-0.2, 0) is 20.8 Å². The molecule has 0 saturated carbocycles. The molecule has 0 heterocycles. The molecule has 102 valence electrons. The van der Waals surface area contributed by atoms with Crippen LogP contribution in [-0.4, -0.2) is 40.9 Å². The molecule has 0 saturated heterocycles. The van der Waals surface area contributed by atoms with Gasteiger partial charge in [-0.05, 0) is 12.0 Å². The van der Waals surface area contributed by atoms with Crippen molar-refractivity contribution in [2.75, 3.05) is 13.1 Å². The molecule has 0 atom stereocenters. The molecule has 0 aliphatic heterocycles. The van der Waals surface area contributed by atoms with E-state index in [9.17, 15) is 14.4 Å². The highest BCUT2D eigenvalue weighted by Gasteiger charge is 2.18. The fraction of sp³-hybridized carbons (Fsp3) is 0.308. The molecule has 1 aromatic rings. The summed E-state index contributed by atoms with van der Waals surface area (Å²) in [6.07, 6.45) is 0.638. The maximum Gasteiger partial charge on any atom is 0.323 e. The van der Waals surface area contributed by atoms with Gasteiger partial charge < -0.3 is 15.7 Å². The first-order chi connectivity index (χ1) is 8.99. The van der Waals surface area contributed by atoms with Gasteiger partial charge in [0.1, 0.15) is 6.54 Å². The number of aliphatic carboxylic acids is 1. The summed E-state index contributed by atoms with van der Waals surface area (Å²) in [5.41, 5.74) is 5.97. The summed E-state index contributed by atoms with van der Waals surface area (Å²) in [4.78, 5) is 34.2. The van der Waals surface area contributed by atoms with Crippen LogP contribution in [0.3, 0.4) is 0 Å². The van der Waals surface area contributed by atoms with Crippen molar-refractivity contribution >= 4 is 17.8 Å². The minimum absolute atomic E-state index is 0.143. The lowest BCUT2D eigenvalue weighted by Gasteiger charge is -2.18. The van der Waals surface area contributed by atoms with Crippen molar-refractivity contribution in [2.24, 2.45) is 5.73 Å². The standard InChI is InChI=1S/C13H16N2O4/c14-11(16)8-15(9-13(18)19)12(17)7-6-10-4-2-1-3-5-10/h1-5H,6-9H2,(H2,14,16)(H,18,19). The molecule has 0 aromatic heterocycles. The number of carbonyl (C=O) groups excluding carboxylic acids is 2. The van der Waals surface area contributed by atoms with Crippen molar-refractivity contribution in [3.8, 4) is 0 Å². The number of primary amides is 1. The summed E-state index contributed by atoms with van der Waals surface area (Å²) >= 11 is 0. The maximum atomic E-state index is 11.8. The summed E-state index contributed by atoms with van der Waals surface area (Å²) < 4.78 is 0. The predicted octanol–water partition coefficient (Wildman–Crippen LogP) is 0.0177. The minimum atomic E-state index is -1.17. The molecule has 0 radical (unpaired) electrons. The third-order valence-corrected chi connectivity index (χ3v) is 2.50. The molecule has 6 nitrogen and oxygen atoms in total. The molecule has 3 N–H and O–H groups in total. The molecule has 0 aliphatic carbocycles. The summed E-state index contributed by atoms with van der Waals surface area (Å²) in [6, 6.07) is 9.34. The van der Waals surface area contributed by atoms with Gasteiger partial charge in [0.25, 0.3) is 0 Å². The Morgan fingerprint density at radius 1 is 1.11 bits per heavy atom. The van der Waals surface area contributed by atoms with Gasteiger partial charge in [0.2, 0.25) is 11.8 Å². The molecule has 6 heteroatoms. The topological polar surface area (TPSA) is 101 Å². The number of aryl methyl sites for hydroxylation is 1. The monoisotopic (exact) mass is 264 g/mol. The van der Waals surface area contributed by atoms with E-state index in [0.717, 1.165) is 10.5 Å². The van der Waals surface area contributed by atoms with Gasteiger partial charge in [-0.15, -0.1) is 0 Å². The summed E-state index contributed by atoms with van der Waals surface area (Å²) in [5.74, 6) is -2.30. The lowest BCUT2D eigenvalue weighted by Crippen LogP contribution is -2.41. The Bertz CT molecular complexity index is 443. The largest absolute Gasteiger partial charge is 0.480 e. The van der Waals surface area contributed by atoms with E-state index in [1.165, 1.54) is 0 Å². The van der Waals surface area contributed by atoms with Crippen LogP contribution in [0, 0.1) is 0 Å². The average Bonchev–Trinajstić information content (AvgIpc) is 2.35. The highest BCUT2D eigenvalue weighted by Crippen LogP contribution is 2.04. The lowest BCUT2D eigenvalue weighted by atomic mass is 10.1. The zero-order valence-electron chi connectivity index (χ0n) is 10.4. The fourth-order valence-corrected chi connectivity index (χ4v) is 1.64. The molecular weight excluding hydrogens is 248 g/mol. The number of amides is 2. The number of nitrogens with zero attached hydrogens (tertiary/aromatic N) is 1. The Kier molecular flexibility index (Phi) is 5.53. The summed E-state index contributed by atoms with van der Waals surface area (Å²) in [6.45, 7) is -0.892. The van der Waals surface area contributed by atoms with Gasteiger partial charge in [-0.25, -0.2) is 0 Å². The first-order valence-electron chi connectivity index (χ1n) is 5.81. The van der Waals surface area contributed by atoms with Gasteiger partial charge >= 0.3 is 5.97 Å². The normalized spacial score (nSPS) is 9.89. The molecule has 0 spiro atoms. The Morgan fingerprint density at radius 2 is 1.74 bits per heavy atom. The zero-order valence-corrected chi connectivity index (χ0v) is 10.4. The van der Waals surface area contributed by atoms with Crippen molar-refractivity contribution in [1.82, 2.24) is 4.90 Å². The van der Waals surface area contributed by atoms with Crippen LogP contribution in [0.15, 0.2) is 30.3 Å². The van der Waals surface area contributed by atoms with E-state index in [1.807, 2.05) is 30.3 Å². The third kappa shape index (κ3) is 5.67. The molecule has 0 unspecified atom stereocenters. The van der Waals surface area contributed by atoms with E-state index in [1.54, 1.807) is 0 Å². The maximum absolute atomic E-state index is 11.8. The highest BCUT2D eigenvalue weighted by molar-refractivity contribution is 5.86. The second-order valence-electron chi connectivity index (χ2n) is 4.10. The van der Waals surface area contributed by atoms with Gasteiger partial charge in [0.15, 0.2) is 0 Å². The van der Waals surface area contributed by atoms with E-state index in [0.29, 0.717) is 6.42 Å². The molecule has 0 bridgehead atoms. The summed E-state index contributed by atoms with van der Waals surface area (Å²) in [7, 11) is 0. The first-order valence-corrected chi connectivity index (χ1v) is 5.81. The number of carbonyl (C=O) groups is 3. The van der Waals surface area contributed by atoms with Crippen LogP contribution in [0.1, 0.15) is 12.0 Å². The lowest BCUT2D eigenvalue weighted by molar-refractivity contribution is -0.145. The van der Waals surface area contributed by atoms with Crippen LogP contribution in [0.25, 0.3) is 0 Å². The van der Waals surface area contributed by atoms with Gasteiger partial charge in [-0.1, -0.05) is 30.3 Å². The number of hydrogen-bond donors (Lipinski definition) is 2. The van der Waals surface area contributed by atoms with Crippen LogP contribution >= 0.6 is 0 Å². The minimum Gasteiger partial charge on any atom is -0.480 e. The second-order valence-corrected chi connectivity index (χ2v) is 4.10. The first kappa shape index (κ1) is 14.7. The summed E-state index contributed by atoms with van der Waals surface area (Å²) in [5, 5.41) is 8.68. The van der Waals surface area contributed by atoms with Crippen molar-refractivity contribution in [3.63, 3.8) is 0 Å². The molecule has 0 aliphatic rings. The molecule has 19 heavy (non-hydrogen) atoms. The Balaban J connectivity index is 2.56. The Morgan fingerprint density at radius 3 is 2.26 bits per heavy atom. The van der Waals surface area contributed by atoms with E-state index in [-0.39, 0.29) is 13.0 Å². The number of nitrogens with two attached hydrogens (primary N) is 1. The number of hydrogen-bond acceptors (Lipinski definition) is 3. The van der Waals surface area contributed by atoms with Gasteiger partial charge in [0.05, 0.1) is 6.54 Å². The quantitative estimate of drug-likeness (QED) is 0.724. The number of benzene rings is 1. The molecule has 1 aromatic carbocycles. The Hall–Kier alpha value is -2.37. The van der Waals surface area contributed by atoms with Crippen molar-refractivity contribution < 1.29 is 19.5 Å². The van der Waals surface area contributed by atoms with Crippen LogP contribution in [0.2, 0.25) is 0 Å². The number of rotatable bonds is 7. The highest BCUT2D eigenvalue weighted by atomic mass is 16.4. The average molecular weight is 264 g/mol. The molecule has 2 amide bonds. The zero-order chi connectivity index (χ0) is 14.3. The second kappa shape index (κ2) is 7.15. The van der Waals surface area contributed by atoms with Gasteiger partial charge in [0, 0.05) is 6.42 Å². The van der Waals surface area contributed by atoms with Crippen molar-refractivity contribution in [2.45, 2.75) is 12.8 Å². The van der Waals surface area contributed by atoms with Crippen LogP contribution < -0.4 is 5.73 Å². The van der Waals surface area contributed by atoms with E-state index in [4.69, 9.17) is 10.8 Å². The van der Waals surface area contributed by atoms with Crippen molar-refractivity contribution in [3.05, 3.63) is 35.9 Å². The smallest absolute Gasteiger partial charge is 0.323 e. The SMILES string of the molecule is NC(=O)CN(CC(=O)O)C(=O)CCc1ccccc1. The third-order valence-electron chi connectivity index (χ3n) is 2.50. The Labute approximate surface area is 110 Å². The van der Waals surface area contributed by atoms with E-state index in [2.05, 4.69) is 0 Å². The van der Waals surface area contributed by atoms with Crippen molar-refractivity contribution in [1.29, 1.82) is 0 Å². The van der Waals surface area contributed by atoms with E-state index < -0.39 is 24.3 Å².